The Labute approximate surface area is 124 Å². The summed E-state index contributed by atoms with van der Waals surface area (Å²) >= 11 is 0. The standard InChI is InChI=1S/C16H22FN3O/c1-11-5-6-15(17)14(9-11)10-18-16-12(2)19-20(13(16)3)7-8-21-4/h5-6,9,18H,7-8,10H2,1-4H3. The van der Waals surface area contributed by atoms with Gasteiger partial charge in [-0.25, -0.2) is 4.39 Å². The van der Waals surface area contributed by atoms with Gasteiger partial charge in [-0.1, -0.05) is 17.7 Å². The van der Waals surface area contributed by atoms with Gasteiger partial charge in [-0.15, -0.1) is 0 Å². The minimum Gasteiger partial charge on any atom is -0.383 e. The van der Waals surface area contributed by atoms with Crippen LogP contribution in [-0.2, 0) is 17.8 Å². The quantitative estimate of drug-likeness (QED) is 0.888. The second kappa shape index (κ2) is 6.72. The molecule has 5 heteroatoms. The van der Waals surface area contributed by atoms with E-state index in [2.05, 4.69) is 10.4 Å². The van der Waals surface area contributed by atoms with Crippen LogP contribution < -0.4 is 5.32 Å². The molecule has 21 heavy (non-hydrogen) atoms. The molecule has 0 fully saturated rings. The van der Waals surface area contributed by atoms with E-state index in [0.717, 1.165) is 22.6 Å². The lowest BCUT2D eigenvalue weighted by Gasteiger charge is -2.09. The molecule has 4 nitrogen and oxygen atoms in total. The maximum Gasteiger partial charge on any atom is 0.128 e. The van der Waals surface area contributed by atoms with Crippen molar-refractivity contribution < 1.29 is 9.13 Å². The van der Waals surface area contributed by atoms with Crippen molar-refractivity contribution in [2.75, 3.05) is 19.0 Å². The smallest absolute Gasteiger partial charge is 0.128 e. The van der Waals surface area contributed by atoms with Gasteiger partial charge in [-0.2, -0.15) is 5.10 Å². The van der Waals surface area contributed by atoms with Gasteiger partial charge < -0.3 is 10.1 Å². The fourth-order valence-electron chi connectivity index (χ4n) is 2.37. The van der Waals surface area contributed by atoms with Crippen LogP contribution in [0, 0.1) is 26.6 Å². The Hall–Kier alpha value is -1.88. The molecule has 1 aromatic heterocycles. The van der Waals surface area contributed by atoms with Crippen molar-refractivity contribution in [3.63, 3.8) is 0 Å². The van der Waals surface area contributed by atoms with E-state index < -0.39 is 0 Å². The molecular weight excluding hydrogens is 269 g/mol. The van der Waals surface area contributed by atoms with Crippen LogP contribution in [-0.4, -0.2) is 23.5 Å². The van der Waals surface area contributed by atoms with Crippen LogP contribution in [0.5, 0.6) is 0 Å². The zero-order valence-electron chi connectivity index (χ0n) is 13.0. The first-order valence-electron chi connectivity index (χ1n) is 7.04. The van der Waals surface area contributed by atoms with E-state index in [1.54, 1.807) is 13.2 Å². The van der Waals surface area contributed by atoms with Gasteiger partial charge in [0.15, 0.2) is 0 Å². The van der Waals surface area contributed by atoms with Gasteiger partial charge in [0.1, 0.15) is 5.82 Å². The highest BCUT2D eigenvalue weighted by molar-refractivity contribution is 5.52. The highest BCUT2D eigenvalue weighted by atomic mass is 19.1. The zero-order valence-corrected chi connectivity index (χ0v) is 13.0. The van der Waals surface area contributed by atoms with Crippen molar-refractivity contribution in [1.82, 2.24) is 9.78 Å². The van der Waals surface area contributed by atoms with E-state index in [1.807, 2.05) is 31.5 Å². The lowest BCUT2D eigenvalue weighted by atomic mass is 10.1. The summed E-state index contributed by atoms with van der Waals surface area (Å²) in [6.45, 7) is 7.70. The van der Waals surface area contributed by atoms with Gasteiger partial charge in [-0.05, 0) is 26.8 Å². The number of aromatic nitrogens is 2. The third-order valence-electron chi connectivity index (χ3n) is 3.55. The summed E-state index contributed by atoms with van der Waals surface area (Å²) in [6, 6.07) is 5.15. The summed E-state index contributed by atoms with van der Waals surface area (Å²) in [5.74, 6) is -0.185. The number of hydrogen-bond acceptors (Lipinski definition) is 3. The first kappa shape index (κ1) is 15.5. The molecule has 0 unspecified atom stereocenters. The van der Waals surface area contributed by atoms with Gasteiger partial charge in [-0.3, -0.25) is 4.68 Å². The van der Waals surface area contributed by atoms with Gasteiger partial charge in [0.05, 0.1) is 30.2 Å². The average molecular weight is 291 g/mol. The van der Waals surface area contributed by atoms with Crippen LogP contribution in [0.2, 0.25) is 0 Å². The minimum atomic E-state index is -0.185. The molecule has 0 atom stereocenters. The van der Waals surface area contributed by atoms with Crippen LogP contribution in [0.25, 0.3) is 0 Å². The van der Waals surface area contributed by atoms with Crippen LogP contribution in [0.15, 0.2) is 18.2 Å². The molecular formula is C16H22FN3O. The maximum atomic E-state index is 13.8. The Kier molecular flexibility index (Phi) is 4.96. The molecule has 0 radical (unpaired) electrons. The van der Waals surface area contributed by atoms with Crippen molar-refractivity contribution in [3.05, 3.63) is 46.5 Å². The summed E-state index contributed by atoms with van der Waals surface area (Å²) in [5.41, 5.74) is 4.64. The molecule has 0 bridgehead atoms. The Balaban J connectivity index is 2.13. The van der Waals surface area contributed by atoms with E-state index in [4.69, 9.17) is 4.74 Å². The molecule has 0 aliphatic rings. The zero-order chi connectivity index (χ0) is 15.4. The molecule has 114 valence electrons. The first-order valence-corrected chi connectivity index (χ1v) is 7.04. The molecule has 0 amide bonds. The summed E-state index contributed by atoms with van der Waals surface area (Å²) in [6.07, 6.45) is 0. The monoisotopic (exact) mass is 291 g/mol. The Morgan fingerprint density at radius 3 is 2.76 bits per heavy atom. The maximum absolute atomic E-state index is 13.8. The predicted octanol–water partition coefficient (Wildman–Crippen LogP) is 3.21. The molecule has 0 spiro atoms. The number of aryl methyl sites for hydroxylation is 2. The normalized spacial score (nSPS) is 10.9. The number of methoxy groups -OCH3 is 1. The molecule has 1 heterocycles. The fraction of sp³-hybridized carbons (Fsp3) is 0.438. The van der Waals surface area contributed by atoms with Gasteiger partial charge in [0.2, 0.25) is 0 Å². The third-order valence-corrected chi connectivity index (χ3v) is 3.55. The largest absolute Gasteiger partial charge is 0.383 e. The molecule has 0 saturated carbocycles. The molecule has 0 aliphatic heterocycles. The summed E-state index contributed by atoms with van der Waals surface area (Å²) < 4.78 is 20.8. The number of rotatable bonds is 6. The van der Waals surface area contributed by atoms with Gasteiger partial charge >= 0.3 is 0 Å². The molecule has 0 aliphatic carbocycles. The number of nitrogens with one attached hydrogen (secondary N) is 1. The Morgan fingerprint density at radius 2 is 2.05 bits per heavy atom. The molecule has 1 aromatic carbocycles. The molecule has 0 saturated heterocycles. The number of ether oxygens (including phenoxy) is 1. The molecule has 2 rings (SSSR count). The highest BCUT2D eigenvalue weighted by Crippen LogP contribution is 2.21. The Morgan fingerprint density at radius 1 is 1.29 bits per heavy atom. The van der Waals surface area contributed by atoms with Crippen molar-refractivity contribution in [2.45, 2.75) is 33.9 Å². The fourth-order valence-corrected chi connectivity index (χ4v) is 2.37. The lowest BCUT2D eigenvalue weighted by molar-refractivity contribution is 0.182. The summed E-state index contributed by atoms with van der Waals surface area (Å²) in [7, 11) is 1.67. The van der Waals surface area contributed by atoms with Crippen molar-refractivity contribution in [2.24, 2.45) is 0 Å². The van der Waals surface area contributed by atoms with E-state index in [1.165, 1.54) is 6.07 Å². The number of benzene rings is 1. The number of hydrogen-bond donors (Lipinski definition) is 1. The van der Waals surface area contributed by atoms with E-state index >= 15 is 0 Å². The third kappa shape index (κ3) is 3.61. The van der Waals surface area contributed by atoms with Crippen molar-refractivity contribution in [1.29, 1.82) is 0 Å². The van der Waals surface area contributed by atoms with Crippen molar-refractivity contribution >= 4 is 5.69 Å². The van der Waals surface area contributed by atoms with Gasteiger partial charge in [0, 0.05) is 19.2 Å². The topological polar surface area (TPSA) is 39.1 Å². The summed E-state index contributed by atoms with van der Waals surface area (Å²) in [4.78, 5) is 0. The minimum absolute atomic E-state index is 0.185. The summed E-state index contributed by atoms with van der Waals surface area (Å²) in [5, 5.41) is 7.78. The second-order valence-corrected chi connectivity index (χ2v) is 5.21. The highest BCUT2D eigenvalue weighted by Gasteiger charge is 2.12. The average Bonchev–Trinajstić information content (AvgIpc) is 2.72. The van der Waals surface area contributed by atoms with E-state index in [0.29, 0.717) is 25.3 Å². The number of nitrogens with zero attached hydrogens (tertiary/aromatic N) is 2. The molecule has 1 N–H and O–H groups in total. The lowest BCUT2D eigenvalue weighted by Crippen LogP contribution is -2.08. The van der Waals surface area contributed by atoms with E-state index in [9.17, 15) is 4.39 Å². The molecule has 2 aromatic rings. The van der Waals surface area contributed by atoms with Gasteiger partial charge in [0.25, 0.3) is 0 Å². The number of halogens is 1. The van der Waals surface area contributed by atoms with Crippen LogP contribution in [0.3, 0.4) is 0 Å². The Bertz CT molecular complexity index is 622. The van der Waals surface area contributed by atoms with E-state index in [-0.39, 0.29) is 5.82 Å². The van der Waals surface area contributed by atoms with Crippen molar-refractivity contribution in [3.8, 4) is 0 Å². The second-order valence-electron chi connectivity index (χ2n) is 5.21. The van der Waals surface area contributed by atoms with Crippen LogP contribution in [0.4, 0.5) is 10.1 Å². The number of anilines is 1. The first-order chi connectivity index (χ1) is 10.0. The SMILES string of the molecule is COCCn1nc(C)c(NCc2cc(C)ccc2F)c1C. The predicted molar refractivity (Wildman–Crippen MR) is 82.0 cm³/mol. The van der Waals surface area contributed by atoms with Crippen LogP contribution in [0.1, 0.15) is 22.5 Å². The van der Waals surface area contributed by atoms with Crippen LogP contribution >= 0.6 is 0 Å².